The zero-order valence-corrected chi connectivity index (χ0v) is 13.0. The molecule has 0 bridgehead atoms. The Hall–Kier alpha value is -3.50. The summed E-state index contributed by atoms with van der Waals surface area (Å²) in [6.45, 7) is 0.0221. The second-order valence-corrected chi connectivity index (χ2v) is 4.85. The molecule has 0 fully saturated rings. The van der Waals surface area contributed by atoms with Crippen molar-refractivity contribution in [1.82, 2.24) is 34.7 Å². The molecule has 0 spiro atoms. The zero-order valence-electron chi connectivity index (χ0n) is 13.0. The van der Waals surface area contributed by atoms with Gasteiger partial charge >= 0.3 is 0 Å². The quantitative estimate of drug-likeness (QED) is 0.650. The molecule has 0 unspecified atom stereocenters. The van der Waals surface area contributed by atoms with E-state index in [2.05, 4.69) is 30.6 Å². The van der Waals surface area contributed by atoms with Crippen molar-refractivity contribution in [2.45, 2.75) is 6.54 Å². The maximum absolute atomic E-state index is 12.0. The molecule has 11 nitrogen and oxygen atoms in total. The van der Waals surface area contributed by atoms with Crippen molar-refractivity contribution >= 4 is 17.7 Å². The third kappa shape index (κ3) is 3.45. The number of carbonyl (C=O) groups excluding carboxylic acids is 1. The molecule has 3 aromatic heterocycles. The number of nitrogen functional groups attached to an aromatic ring is 1. The lowest BCUT2D eigenvalue weighted by Crippen LogP contribution is -2.19. The molecule has 3 rings (SSSR count). The number of methoxy groups -OCH3 is 1. The first-order chi connectivity index (χ1) is 11.5. The fourth-order valence-electron chi connectivity index (χ4n) is 2.01. The number of aromatic nitrogens is 7. The SMILES string of the molecule is COc1cc(-c2cnn(CC(=O)Nc3cnn(C)n3)c2)nc(N)n1. The van der Waals surface area contributed by atoms with Crippen LogP contribution in [0.5, 0.6) is 5.88 Å². The van der Waals surface area contributed by atoms with Gasteiger partial charge in [-0.05, 0) is 0 Å². The summed E-state index contributed by atoms with van der Waals surface area (Å²) in [5.41, 5.74) is 6.88. The van der Waals surface area contributed by atoms with Gasteiger partial charge in [-0.15, -0.1) is 5.10 Å². The maximum atomic E-state index is 12.0. The Bertz CT molecular complexity index is 870. The van der Waals surface area contributed by atoms with Crippen LogP contribution in [-0.4, -0.2) is 47.8 Å². The number of ether oxygens (including phenoxy) is 1. The van der Waals surface area contributed by atoms with Crippen LogP contribution in [0.1, 0.15) is 0 Å². The van der Waals surface area contributed by atoms with E-state index >= 15 is 0 Å². The number of anilines is 2. The average molecular weight is 329 g/mol. The van der Waals surface area contributed by atoms with E-state index in [0.29, 0.717) is 23.0 Å². The normalized spacial score (nSPS) is 10.6. The number of nitrogens with one attached hydrogen (secondary N) is 1. The molecule has 3 aromatic rings. The van der Waals surface area contributed by atoms with Crippen LogP contribution in [0.3, 0.4) is 0 Å². The smallest absolute Gasteiger partial charge is 0.247 e. The summed E-state index contributed by atoms with van der Waals surface area (Å²) in [6.07, 6.45) is 4.72. The molecule has 0 aliphatic carbocycles. The summed E-state index contributed by atoms with van der Waals surface area (Å²) in [5, 5.41) is 14.6. The van der Waals surface area contributed by atoms with Crippen LogP contribution in [0.25, 0.3) is 11.3 Å². The average Bonchev–Trinajstić information content (AvgIpc) is 3.16. The number of amides is 1. The summed E-state index contributed by atoms with van der Waals surface area (Å²) < 4.78 is 6.54. The second kappa shape index (κ2) is 6.32. The molecule has 0 saturated carbocycles. The number of aryl methyl sites for hydroxylation is 1. The highest BCUT2D eigenvalue weighted by atomic mass is 16.5. The maximum Gasteiger partial charge on any atom is 0.247 e. The molecule has 0 saturated heterocycles. The Morgan fingerprint density at radius 1 is 1.33 bits per heavy atom. The van der Waals surface area contributed by atoms with Gasteiger partial charge in [-0.25, -0.2) is 4.98 Å². The van der Waals surface area contributed by atoms with Gasteiger partial charge in [-0.3, -0.25) is 9.48 Å². The van der Waals surface area contributed by atoms with Gasteiger partial charge in [0.15, 0.2) is 5.82 Å². The minimum atomic E-state index is -0.273. The second-order valence-electron chi connectivity index (χ2n) is 4.85. The number of hydrogen-bond acceptors (Lipinski definition) is 8. The molecular formula is C13H15N9O2. The number of nitrogens with two attached hydrogens (primary N) is 1. The molecule has 3 heterocycles. The number of carbonyl (C=O) groups is 1. The van der Waals surface area contributed by atoms with Crippen molar-refractivity contribution in [3.63, 3.8) is 0 Å². The van der Waals surface area contributed by atoms with E-state index in [1.807, 2.05) is 0 Å². The molecule has 124 valence electrons. The number of rotatable bonds is 5. The van der Waals surface area contributed by atoms with E-state index in [4.69, 9.17) is 10.5 Å². The molecule has 11 heteroatoms. The lowest BCUT2D eigenvalue weighted by Gasteiger charge is -2.03. The Balaban J connectivity index is 1.71. The molecule has 0 aliphatic rings. The topological polar surface area (TPSA) is 139 Å². The molecule has 0 atom stereocenters. The number of hydrogen-bond donors (Lipinski definition) is 2. The third-order valence-electron chi connectivity index (χ3n) is 3.03. The van der Waals surface area contributed by atoms with Crippen molar-refractivity contribution in [3.8, 4) is 17.1 Å². The van der Waals surface area contributed by atoms with E-state index < -0.39 is 0 Å². The minimum Gasteiger partial charge on any atom is -0.481 e. The first-order valence-corrected chi connectivity index (χ1v) is 6.91. The molecule has 24 heavy (non-hydrogen) atoms. The highest BCUT2D eigenvalue weighted by molar-refractivity contribution is 5.89. The molecule has 1 amide bonds. The monoisotopic (exact) mass is 329 g/mol. The first kappa shape index (κ1) is 15.4. The van der Waals surface area contributed by atoms with E-state index in [0.717, 1.165) is 0 Å². The molecule has 0 aromatic carbocycles. The Morgan fingerprint density at radius 3 is 2.88 bits per heavy atom. The van der Waals surface area contributed by atoms with Crippen molar-refractivity contribution in [2.75, 3.05) is 18.2 Å². The van der Waals surface area contributed by atoms with Gasteiger partial charge in [-0.2, -0.15) is 20.0 Å². The molecule has 3 N–H and O–H groups in total. The van der Waals surface area contributed by atoms with Gasteiger partial charge in [0.05, 0.1) is 25.2 Å². The minimum absolute atomic E-state index is 0.0221. The van der Waals surface area contributed by atoms with Crippen LogP contribution < -0.4 is 15.8 Å². The Labute approximate surface area is 136 Å². The van der Waals surface area contributed by atoms with Crippen LogP contribution in [0.15, 0.2) is 24.7 Å². The van der Waals surface area contributed by atoms with Crippen molar-refractivity contribution in [2.24, 2.45) is 7.05 Å². The highest BCUT2D eigenvalue weighted by Crippen LogP contribution is 2.21. The molecule has 0 aliphatic heterocycles. The van der Waals surface area contributed by atoms with Crippen LogP contribution >= 0.6 is 0 Å². The largest absolute Gasteiger partial charge is 0.481 e. The van der Waals surface area contributed by atoms with Crippen LogP contribution in [0, 0.1) is 0 Å². The summed E-state index contributed by atoms with van der Waals surface area (Å²) >= 11 is 0. The van der Waals surface area contributed by atoms with Crippen molar-refractivity contribution in [3.05, 3.63) is 24.7 Å². The van der Waals surface area contributed by atoms with E-state index in [1.54, 1.807) is 25.5 Å². The van der Waals surface area contributed by atoms with Gasteiger partial charge in [0, 0.05) is 24.9 Å². The van der Waals surface area contributed by atoms with Gasteiger partial charge in [0.1, 0.15) is 6.54 Å². The highest BCUT2D eigenvalue weighted by Gasteiger charge is 2.10. The fraction of sp³-hybridized carbons (Fsp3) is 0.231. The van der Waals surface area contributed by atoms with E-state index in [1.165, 1.54) is 22.8 Å². The zero-order chi connectivity index (χ0) is 17.1. The number of nitrogens with zero attached hydrogens (tertiary/aromatic N) is 7. The van der Waals surface area contributed by atoms with Crippen LogP contribution in [-0.2, 0) is 18.4 Å². The molecule has 0 radical (unpaired) electrons. The standard InChI is InChI=1S/C13H15N9O2/c1-21-15-5-10(20-21)18-11(23)7-22-6-8(4-16-22)9-3-12(24-2)19-13(14)17-9/h3-6H,7H2,1-2H3,(H2,14,17,19)(H,18,20,23). The Kier molecular flexibility index (Phi) is 4.05. The summed E-state index contributed by atoms with van der Waals surface area (Å²) in [6, 6.07) is 1.64. The van der Waals surface area contributed by atoms with Crippen LogP contribution in [0.2, 0.25) is 0 Å². The predicted molar refractivity (Wildman–Crippen MR) is 83.9 cm³/mol. The lowest BCUT2D eigenvalue weighted by molar-refractivity contribution is -0.116. The fourth-order valence-corrected chi connectivity index (χ4v) is 2.01. The van der Waals surface area contributed by atoms with Gasteiger partial charge in [0.2, 0.25) is 17.7 Å². The van der Waals surface area contributed by atoms with E-state index in [9.17, 15) is 4.79 Å². The molecular weight excluding hydrogens is 314 g/mol. The van der Waals surface area contributed by atoms with E-state index in [-0.39, 0.29) is 18.4 Å². The van der Waals surface area contributed by atoms with Gasteiger partial charge in [0.25, 0.3) is 0 Å². The first-order valence-electron chi connectivity index (χ1n) is 6.91. The van der Waals surface area contributed by atoms with Crippen molar-refractivity contribution < 1.29 is 9.53 Å². The Morgan fingerprint density at radius 2 is 2.17 bits per heavy atom. The third-order valence-corrected chi connectivity index (χ3v) is 3.03. The lowest BCUT2D eigenvalue weighted by atomic mass is 10.2. The van der Waals surface area contributed by atoms with Crippen molar-refractivity contribution in [1.29, 1.82) is 0 Å². The summed E-state index contributed by atoms with van der Waals surface area (Å²) in [7, 11) is 3.16. The van der Waals surface area contributed by atoms with Crippen LogP contribution in [0.4, 0.5) is 11.8 Å². The summed E-state index contributed by atoms with van der Waals surface area (Å²) in [4.78, 5) is 21.4. The predicted octanol–water partition coefficient (Wildman–Crippen LogP) is -0.302. The van der Waals surface area contributed by atoms with Gasteiger partial charge in [-0.1, -0.05) is 0 Å². The van der Waals surface area contributed by atoms with Gasteiger partial charge < -0.3 is 15.8 Å². The summed E-state index contributed by atoms with van der Waals surface area (Å²) in [5.74, 6) is 0.552.